The number of hydrogen-bond acceptors (Lipinski definition) is 1. The van der Waals surface area contributed by atoms with Crippen molar-refractivity contribution < 1.29 is 5.11 Å². The fraction of sp³-hybridized carbons (Fsp3) is 0.867. The molecule has 0 amide bonds. The Labute approximate surface area is 99.9 Å². The van der Waals surface area contributed by atoms with Crippen molar-refractivity contribution in [2.24, 2.45) is 17.3 Å². The van der Waals surface area contributed by atoms with Crippen LogP contribution >= 0.6 is 0 Å². The highest BCUT2D eigenvalue weighted by Gasteiger charge is 2.54. The molecule has 2 aliphatic rings. The van der Waals surface area contributed by atoms with Crippen molar-refractivity contribution in [3.8, 4) is 0 Å². The van der Waals surface area contributed by atoms with E-state index in [1.54, 1.807) is 0 Å². The summed E-state index contributed by atoms with van der Waals surface area (Å²) in [6, 6.07) is 0. The Morgan fingerprint density at radius 3 is 2.81 bits per heavy atom. The SMILES string of the molecule is CCCC[C@@]1(O)CC(C)(C)[C@@H]2CCC=C[C@H]21. The van der Waals surface area contributed by atoms with Gasteiger partial charge in [-0.15, -0.1) is 0 Å². The van der Waals surface area contributed by atoms with Gasteiger partial charge in [-0.05, 0) is 37.0 Å². The van der Waals surface area contributed by atoms with Gasteiger partial charge in [0.2, 0.25) is 0 Å². The van der Waals surface area contributed by atoms with Crippen LogP contribution in [0.4, 0.5) is 0 Å². The lowest BCUT2D eigenvalue weighted by Crippen LogP contribution is -2.35. The average molecular weight is 222 g/mol. The molecular weight excluding hydrogens is 196 g/mol. The minimum Gasteiger partial charge on any atom is -0.389 e. The minimum absolute atomic E-state index is 0.317. The zero-order valence-electron chi connectivity index (χ0n) is 11.0. The molecule has 1 nitrogen and oxygen atoms in total. The summed E-state index contributed by atoms with van der Waals surface area (Å²) >= 11 is 0. The van der Waals surface area contributed by atoms with Gasteiger partial charge in [0.25, 0.3) is 0 Å². The molecule has 3 atom stereocenters. The van der Waals surface area contributed by atoms with E-state index < -0.39 is 5.60 Å². The molecule has 16 heavy (non-hydrogen) atoms. The average Bonchev–Trinajstić information content (AvgIpc) is 2.45. The third-order valence-corrected chi connectivity index (χ3v) is 4.77. The summed E-state index contributed by atoms with van der Waals surface area (Å²) in [6.07, 6.45) is 11.4. The highest BCUT2D eigenvalue weighted by Crippen LogP contribution is 2.57. The van der Waals surface area contributed by atoms with Crippen molar-refractivity contribution in [3.63, 3.8) is 0 Å². The van der Waals surface area contributed by atoms with Gasteiger partial charge < -0.3 is 5.11 Å². The first kappa shape index (κ1) is 12.2. The van der Waals surface area contributed by atoms with E-state index in [1.807, 2.05) is 0 Å². The van der Waals surface area contributed by atoms with Gasteiger partial charge in [-0.3, -0.25) is 0 Å². The zero-order valence-corrected chi connectivity index (χ0v) is 11.0. The quantitative estimate of drug-likeness (QED) is 0.718. The fourth-order valence-corrected chi connectivity index (χ4v) is 4.04. The van der Waals surface area contributed by atoms with Gasteiger partial charge in [-0.25, -0.2) is 0 Å². The lowest BCUT2D eigenvalue weighted by molar-refractivity contribution is -0.00236. The van der Waals surface area contributed by atoms with Gasteiger partial charge in [0.15, 0.2) is 0 Å². The lowest BCUT2D eigenvalue weighted by atomic mass is 9.73. The number of hydrogen-bond donors (Lipinski definition) is 1. The molecule has 0 bridgehead atoms. The van der Waals surface area contributed by atoms with Gasteiger partial charge in [-0.1, -0.05) is 45.8 Å². The molecule has 0 unspecified atom stereocenters. The summed E-state index contributed by atoms with van der Waals surface area (Å²) in [5.74, 6) is 1.11. The summed E-state index contributed by atoms with van der Waals surface area (Å²) in [6.45, 7) is 6.89. The van der Waals surface area contributed by atoms with Gasteiger partial charge in [-0.2, -0.15) is 0 Å². The highest BCUT2D eigenvalue weighted by atomic mass is 16.3. The Hall–Kier alpha value is -0.300. The molecule has 1 heteroatoms. The number of fused-ring (bicyclic) bond motifs is 1. The normalized spacial score (nSPS) is 41.0. The van der Waals surface area contributed by atoms with Crippen LogP contribution in [0.5, 0.6) is 0 Å². The fourth-order valence-electron chi connectivity index (χ4n) is 4.04. The Bertz CT molecular complexity index is 279. The number of allylic oxidation sites excluding steroid dienone is 1. The van der Waals surface area contributed by atoms with Crippen molar-refractivity contribution >= 4 is 0 Å². The first-order valence-electron chi connectivity index (χ1n) is 6.89. The molecule has 92 valence electrons. The van der Waals surface area contributed by atoms with Crippen LogP contribution in [0.25, 0.3) is 0 Å². The Kier molecular flexibility index (Phi) is 3.18. The van der Waals surface area contributed by atoms with E-state index in [9.17, 15) is 5.11 Å². The molecule has 0 aromatic carbocycles. The third-order valence-electron chi connectivity index (χ3n) is 4.77. The molecule has 2 aliphatic carbocycles. The summed E-state index contributed by atoms with van der Waals surface area (Å²) in [4.78, 5) is 0. The van der Waals surface area contributed by atoms with E-state index in [1.165, 1.54) is 19.3 Å². The van der Waals surface area contributed by atoms with E-state index >= 15 is 0 Å². The summed E-state index contributed by atoms with van der Waals surface area (Å²) < 4.78 is 0. The molecule has 0 radical (unpaired) electrons. The van der Waals surface area contributed by atoms with E-state index in [4.69, 9.17) is 0 Å². The Balaban J connectivity index is 2.20. The maximum absolute atomic E-state index is 10.9. The van der Waals surface area contributed by atoms with E-state index in [0.29, 0.717) is 17.3 Å². The predicted octanol–water partition coefficient (Wildman–Crippen LogP) is 3.92. The third kappa shape index (κ3) is 1.95. The van der Waals surface area contributed by atoms with Crippen LogP contribution in [0.15, 0.2) is 12.2 Å². The first-order valence-corrected chi connectivity index (χ1v) is 6.89. The van der Waals surface area contributed by atoms with Crippen LogP contribution in [0.3, 0.4) is 0 Å². The van der Waals surface area contributed by atoms with E-state index in [0.717, 1.165) is 19.3 Å². The van der Waals surface area contributed by atoms with Gasteiger partial charge in [0, 0.05) is 5.92 Å². The molecule has 0 saturated heterocycles. The van der Waals surface area contributed by atoms with Gasteiger partial charge in [0.1, 0.15) is 0 Å². The summed E-state index contributed by atoms with van der Waals surface area (Å²) in [5, 5.41) is 10.9. The monoisotopic (exact) mass is 222 g/mol. The van der Waals surface area contributed by atoms with Crippen LogP contribution in [0, 0.1) is 17.3 Å². The molecule has 1 N–H and O–H groups in total. The van der Waals surface area contributed by atoms with Gasteiger partial charge >= 0.3 is 0 Å². The van der Waals surface area contributed by atoms with Crippen molar-refractivity contribution in [1.82, 2.24) is 0 Å². The Morgan fingerprint density at radius 1 is 1.38 bits per heavy atom. The summed E-state index contributed by atoms with van der Waals surface area (Å²) in [7, 11) is 0. The molecule has 1 fully saturated rings. The molecular formula is C15H26O. The smallest absolute Gasteiger partial charge is 0.0718 e. The Morgan fingerprint density at radius 2 is 2.12 bits per heavy atom. The number of aliphatic hydroxyl groups is 1. The van der Waals surface area contributed by atoms with Crippen molar-refractivity contribution in [2.75, 3.05) is 0 Å². The molecule has 0 spiro atoms. The maximum Gasteiger partial charge on any atom is 0.0718 e. The number of rotatable bonds is 3. The first-order chi connectivity index (χ1) is 7.49. The molecule has 2 rings (SSSR count). The molecule has 0 aromatic heterocycles. The molecule has 1 saturated carbocycles. The zero-order chi connectivity index (χ0) is 11.8. The van der Waals surface area contributed by atoms with Crippen LogP contribution in [0.1, 0.15) is 59.3 Å². The van der Waals surface area contributed by atoms with Crippen LogP contribution < -0.4 is 0 Å². The minimum atomic E-state index is -0.416. The molecule has 0 heterocycles. The van der Waals surface area contributed by atoms with Crippen molar-refractivity contribution in [1.29, 1.82) is 0 Å². The number of unbranched alkanes of at least 4 members (excludes halogenated alkanes) is 1. The van der Waals surface area contributed by atoms with E-state index in [2.05, 4.69) is 32.9 Å². The van der Waals surface area contributed by atoms with Gasteiger partial charge in [0.05, 0.1) is 5.60 Å². The predicted molar refractivity (Wildman–Crippen MR) is 68.2 cm³/mol. The van der Waals surface area contributed by atoms with Crippen LogP contribution in [0.2, 0.25) is 0 Å². The second-order valence-corrected chi connectivity index (χ2v) is 6.51. The highest BCUT2D eigenvalue weighted by molar-refractivity contribution is 5.14. The van der Waals surface area contributed by atoms with E-state index in [-0.39, 0.29) is 0 Å². The second-order valence-electron chi connectivity index (χ2n) is 6.51. The van der Waals surface area contributed by atoms with Crippen LogP contribution in [-0.4, -0.2) is 10.7 Å². The van der Waals surface area contributed by atoms with Crippen molar-refractivity contribution in [2.45, 2.75) is 64.9 Å². The topological polar surface area (TPSA) is 20.2 Å². The molecule has 0 aromatic rings. The largest absolute Gasteiger partial charge is 0.389 e. The molecule has 0 aliphatic heterocycles. The lowest BCUT2D eigenvalue weighted by Gasteiger charge is -2.33. The van der Waals surface area contributed by atoms with Crippen LogP contribution in [-0.2, 0) is 0 Å². The maximum atomic E-state index is 10.9. The van der Waals surface area contributed by atoms with Crippen molar-refractivity contribution in [3.05, 3.63) is 12.2 Å². The standard InChI is InChI=1S/C15H26O/c1-4-5-10-15(16)11-14(2,3)12-8-6-7-9-13(12)15/h7,9,12-13,16H,4-6,8,10-11H2,1-3H3/t12-,13-,15-/m1/s1. The second kappa shape index (κ2) is 4.18. The summed E-state index contributed by atoms with van der Waals surface area (Å²) in [5.41, 5.74) is -0.0982.